The number of fused-ring (bicyclic) bond motifs is 1. The molecule has 0 saturated heterocycles. The molecule has 17 heavy (non-hydrogen) atoms. The zero-order chi connectivity index (χ0) is 11.7. The standard InChI is InChI=1S/C12H13N3O2/c1-13-5-9-12(15-6-14-9)8-2-3-10-11(4-8)17-7-16-10/h2-4,6,13H,5,7H2,1H3,(H,14,15). The summed E-state index contributed by atoms with van der Waals surface area (Å²) in [6.07, 6.45) is 1.70. The molecule has 0 aliphatic carbocycles. The summed E-state index contributed by atoms with van der Waals surface area (Å²) in [7, 11) is 1.91. The van der Waals surface area contributed by atoms with Crippen LogP contribution in [0.15, 0.2) is 24.5 Å². The van der Waals surface area contributed by atoms with Crippen LogP contribution in [0.25, 0.3) is 11.3 Å². The Morgan fingerprint density at radius 2 is 2.24 bits per heavy atom. The molecule has 88 valence electrons. The number of rotatable bonds is 3. The molecule has 0 spiro atoms. The molecule has 2 N–H and O–H groups in total. The molecular weight excluding hydrogens is 218 g/mol. The Bertz CT molecular complexity index is 536. The largest absolute Gasteiger partial charge is 0.454 e. The normalized spacial score (nSPS) is 13.0. The van der Waals surface area contributed by atoms with Gasteiger partial charge in [0.15, 0.2) is 11.5 Å². The summed E-state index contributed by atoms with van der Waals surface area (Å²) in [5, 5.41) is 3.11. The van der Waals surface area contributed by atoms with Crippen molar-refractivity contribution in [3.05, 3.63) is 30.2 Å². The topological polar surface area (TPSA) is 59.2 Å². The predicted octanol–water partition coefficient (Wildman–Crippen LogP) is 1.52. The SMILES string of the molecule is CNCc1[nH]cnc1-c1ccc2c(c1)OCO2. The number of benzene rings is 1. The van der Waals surface area contributed by atoms with Crippen LogP contribution in [0.4, 0.5) is 0 Å². The lowest BCUT2D eigenvalue weighted by atomic mass is 10.1. The van der Waals surface area contributed by atoms with E-state index >= 15 is 0 Å². The summed E-state index contributed by atoms with van der Waals surface area (Å²) in [6, 6.07) is 5.86. The smallest absolute Gasteiger partial charge is 0.231 e. The fourth-order valence-corrected chi connectivity index (χ4v) is 1.93. The Hall–Kier alpha value is -2.01. The molecule has 5 nitrogen and oxygen atoms in total. The highest BCUT2D eigenvalue weighted by molar-refractivity contribution is 5.66. The lowest BCUT2D eigenvalue weighted by molar-refractivity contribution is 0.174. The van der Waals surface area contributed by atoms with Gasteiger partial charge in [0.25, 0.3) is 0 Å². The highest BCUT2D eigenvalue weighted by Crippen LogP contribution is 2.35. The van der Waals surface area contributed by atoms with Crippen molar-refractivity contribution < 1.29 is 9.47 Å². The monoisotopic (exact) mass is 231 g/mol. The average Bonchev–Trinajstić information content (AvgIpc) is 2.96. The second-order valence-electron chi connectivity index (χ2n) is 3.83. The van der Waals surface area contributed by atoms with Crippen molar-refractivity contribution in [2.45, 2.75) is 6.54 Å². The zero-order valence-electron chi connectivity index (χ0n) is 9.49. The number of imidazole rings is 1. The van der Waals surface area contributed by atoms with Crippen molar-refractivity contribution in [2.75, 3.05) is 13.8 Å². The number of aromatic amines is 1. The number of aromatic nitrogens is 2. The molecule has 1 aliphatic heterocycles. The van der Waals surface area contributed by atoms with E-state index in [4.69, 9.17) is 9.47 Å². The summed E-state index contributed by atoms with van der Waals surface area (Å²) < 4.78 is 10.6. The van der Waals surface area contributed by atoms with Crippen LogP contribution in [0.1, 0.15) is 5.69 Å². The quantitative estimate of drug-likeness (QED) is 0.841. The molecule has 1 aliphatic rings. The summed E-state index contributed by atoms with van der Waals surface area (Å²) in [6.45, 7) is 1.05. The minimum Gasteiger partial charge on any atom is -0.454 e. The molecule has 2 heterocycles. The molecule has 0 saturated carbocycles. The van der Waals surface area contributed by atoms with Crippen LogP contribution in [0.5, 0.6) is 11.5 Å². The van der Waals surface area contributed by atoms with E-state index in [0.717, 1.165) is 35.0 Å². The van der Waals surface area contributed by atoms with E-state index in [-0.39, 0.29) is 0 Å². The van der Waals surface area contributed by atoms with Crippen LogP contribution in [-0.4, -0.2) is 23.8 Å². The van der Waals surface area contributed by atoms with Gasteiger partial charge < -0.3 is 19.8 Å². The summed E-state index contributed by atoms with van der Waals surface area (Å²) in [4.78, 5) is 7.47. The maximum absolute atomic E-state index is 5.36. The lowest BCUT2D eigenvalue weighted by Crippen LogP contribution is -2.06. The Kier molecular flexibility index (Phi) is 2.45. The maximum atomic E-state index is 5.36. The second-order valence-corrected chi connectivity index (χ2v) is 3.83. The number of nitrogens with one attached hydrogen (secondary N) is 2. The summed E-state index contributed by atoms with van der Waals surface area (Å²) in [5.74, 6) is 1.57. The molecule has 0 amide bonds. The third-order valence-corrected chi connectivity index (χ3v) is 2.72. The number of hydrogen-bond donors (Lipinski definition) is 2. The second kappa shape index (κ2) is 4.10. The van der Waals surface area contributed by atoms with Crippen molar-refractivity contribution in [1.82, 2.24) is 15.3 Å². The maximum Gasteiger partial charge on any atom is 0.231 e. The van der Waals surface area contributed by atoms with Gasteiger partial charge >= 0.3 is 0 Å². The van der Waals surface area contributed by atoms with Crippen molar-refractivity contribution in [3.63, 3.8) is 0 Å². The van der Waals surface area contributed by atoms with Crippen LogP contribution in [0, 0.1) is 0 Å². The number of H-pyrrole nitrogens is 1. The van der Waals surface area contributed by atoms with Gasteiger partial charge in [0.1, 0.15) is 0 Å². The first-order chi connectivity index (χ1) is 8.38. The summed E-state index contributed by atoms with van der Waals surface area (Å²) in [5.41, 5.74) is 3.03. The molecule has 5 heteroatoms. The Morgan fingerprint density at radius 3 is 3.12 bits per heavy atom. The summed E-state index contributed by atoms with van der Waals surface area (Å²) >= 11 is 0. The third-order valence-electron chi connectivity index (χ3n) is 2.72. The molecular formula is C12H13N3O2. The first-order valence-electron chi connectivity index (χ1n) is 5.45. The van der Waals surface area contributed by atoms with Gasteiger partial charge in [0.05, 0.1) is 17.7 Å². The Labute approximate surface area is 98.8 Å². The van der Waals surface area contributed by atoms with Crippen LogP contribution < -0.4 is 14.8 Å². The molecule has 1 aromatic carbocycles. The van der Waals surface area contributed by atoms with Crippen molar-refractivity contribution >= 4 is 0 Å². The first kappa shape index (κ1) is 10.2. The van der Waals surface area contributed by atoms with Gasteiger partial charge in [-0.15, -0.1) is 0 Å². The molecule has 0 fully saturated rings. The fraction of sp³-hybridized carbons (Fsp3) is 0.250. The van der Waals surface area contributed by atoms with E-state index in [2.05, 4.69) is 15.3 Å². The predicted molar refractivity (Wildman–Crippen MR) is 62.9 cm³/mol. The minimum absolute atomic E-state index is 0.294. The van der Waals surface area contributed by atoms with Gasteiger partial charge in [-0.05, 0) is 25.2 Å². The van der Waals surface area contributed by atoms with Gasteiger partial charge in [-0.1, -0.05) is 0 Å². The van der Waals surface area contributed by atoms with E-state index in [1.165, 1.54) is 0 Å². The van der Waals surface area contributed by atoms with Gasteiger partial charge in [-0.3, -0.25) is 0 Å². The van der Waals surface area contributed by atoms with E-state index < -0.39 is 0 Å². The number of nitrogens with zero attached hydrogens (tertiary/aromatic N) is 1. The average molecular weight is 231 g/mol. The van der Waals surface area contributed by atoms with Crippen molar-refractivity contribution in [2.24, 2.45) is 0 Å². The lowest BCUT2D eigenvalue weighted by Gasteiger charge is -2.03. The van der Waals surface area contributed by atoms with E-state index in [0.29, 0.717) is 6.79 Å². The third kappa shape index (κ3) is 1.74. The number of hydrogen-bond acceptors (Lipinski definition) is 4. The molecule has 1 aromatic heterocycles. The molecule has 0 radical (unpaired) electrons. The zero-order valence-corrected chi connectivity index (χ0v) is 9.49. The molecule has 0 bridgehead atoms. The number of ether oxygens (including phenoxy) is 2. The van der Waals surface area contributed by atoms with Crippen LogP contribution >= 0.6 is 0 Å². The van der Waals surface area contributed by atoms with Gasteiger partial charge in [-0.25, -0.2) is 4.98 Å². The highest BCUT2D eigenvalue weighted by Gasteiger charge is 2.16. The molecule has 0 atom stereocenters. The van der Waals surface area contributed by atoms with Gasteiger partial charge in [0, 0.05) is 12.1 Å². The van der Waals surface area contributed by atoms with Crippen LogP contribution in [0.3, 0.4) is 0 Å². The molecule has 0 unspecified atom stereocenters. The van der Waals surface area contributed by atoms with E-state index in [9.17, 15) is 0 Å². The first-order valence-corrected chi connectivity index (χ1v) is 5.45. The molecule has 3 rings (SSSR count). The highest BCUT2D eigenvalue weighted by atomic mass is 16.7. The minimum atomic E-state index is 0.294. The molecule has 2 aromatic rings. The van der Waals surface area contributed by atoms with Crippen LogP contribution in [0.2, 0.25) is 0 Å². The Balaban J connectivity index is 2.00. The van der Waals surface area contributed by atoms with Crippen LogP contribution in [-0.2, 0) is 6.54 Å². The van der Waals surface area contributed by atoms with Gasteiger partial charge in [-0.2, -0.15) is 0 Å². The van der Waals surface area contributed by atoms with Crippen molar-refractivity contribution in [3.8, 4) is 22.8 Å². The Morgan fingerprint density at radius 1 is 1.35 bits per heavy atom. The van der Waals surface area contributed by atoms with E-state index in [1.807, 2.05) is 25.2 Å². The van der Waals surface area contributed by atoms with Crippen molar-refractivity contribution in [1.29, 1.82) is 0 Å². The fourth-order valence-electron chi connectivity index (χ4n) is 1.93. The van der Waals surface area contributed by atoms with Gasteiger partial charge in [0.2, 0.25) is 6.79 Å². The van der Waals surface area contributed by atoms with E-state index in [1.54, 1.807) is 6.33 Å².